The van der Waals surface area contributed by atoms with Crippen LogP contribution in [0.25, 0.3) is 11.3 Å². The molecule has 0 unspecified atom stereocenters. The minimum absolute atomic E-state index is 0.0226. The minimum Gasteiger partial charge on any atom is -0.460 e. The summed E-state index contributed by atoms with van der Waals surface area (Å²) in [6.07, 6.45) is 2.78. The SMILES string of the molecule is Cc1oc(-c2ccccc2)c([C@@H]2CCN([C@H]3CC[C@@H](N(C)C(C)C)C[C@H]3CS(=O)(=O)c3ccccc3)C2=O)c1C(N)=O. The Hall–Kier alpha value is -3.43. The molecular formula is C33H41N3O5S. The molecule has 1 aliphatic heterocycles. The van der Waals surface area contributed by atoms with Crippen LogP contribution in [-0.4, -0.2) is 67.5 Å². The van der Waals surface area contributed by atoms with Crippen molar-refractivity contribution in [2.45, 2.75) is 75.4 Å². The van der Waals surface area contributed by atoms with Gasteiger partial charge in [0.1, 0.15) is 11.5 Å². The number of amides is 2. The monoisotopic (exact) mass is 591 g/mol. The third-order valence-corrected chi connectivity index (χ3v) is 11.1. The van der Waals surface area contributed by atoms with E-state index in [1.54, 1.807) is 37.3 Å². The van der Waals surface area contributed by atoms with E-state index < -0.39 is 21.7 Å². The topological polar surface area (TPSA) is 114 Å². The molecule has 1 aliphatic carbocycles. The molecule has 5 rings (SSSR count). The number of likely N-dealkylation sites (tertiary alicyclic amines) is 1. The molecule has 2 N–H and O–H groups in total. The summed E-state index contributed by atoms with van der Waals surface area (Å²) in [6, 6.07) is 18.3. The Morgan fingerprint density at radius 1 is 1.05 bits per heavy atom. The molecule has 2 aromatic carbocycles. The first-order valence-corrected chi connectivity index (χ1v) is 16.4. The maximum Gasteiger partial charge on any atom is 0.252 e. The van der Waals surface area contributed by atoms with Crippen LogP contribution in [0.15, 0.2) is 70.0 Å². The summed E-state index contributed by atoms with van der Waals surface area (Å²) in [5.74, 6) is -0.678. The van der Waals surface area contributed by atoms with Gasteiger partial charge in [-0.1, -0.05) is 48.5 Å². The standard InChI is InChI=1S/C33H41N3O5S/c1-21(2)35(4)25-15-16-28(24(19-25)20-42(39,40)26-13-9-6-10-14-26)36-18-17-27(33(36)38)30-29(32(34)37)22(3)41-31(30)23-11-7-5-8-12-23/h5-14,21,24-25,27-28H,15-20H2,1-4H3,(H2,34,37)/t24-,25+,27-,28-/m0/s1. The van der Waals surface area contributed by atoms with Gasteiger partial charge in [-0.25, -0.2) is 8.42 Å². The molecule has 224 valence electrons. The molecule has 2 fully saturated rings. The van der Waals surface area contributed by atoms with Crippen molar-refractivity contribution in [3.8, 4) is 11.3 Å². The minimum atomic E-state index is -3.56. The van der Waals surface area contributed by atoms with E-state index in [4.69, 9.17) is 10.2 Å². The predicted molar refractivity (Wildman–Crippen MR) is 163 cm³/mol. The maximum atomic E-state index is 14.2. The molecular weight excluding hydrogens is 550 g/mol. The average molecular weight is 592 g/mol. The molecule has 4 atom stereocenters. The number of nitrogens with two attached hydrogens (primary N) is 1. The van der Waals surface area contributed by atoms with Gasteiger partial charge in [-0.2, -0.15) is 0 Å². The molecule has 1 saturated carbocycles. The van der Waals surface area contributed by atoms with E-state index in [1.165, 1.54) is 0 Å². The second-order valence-electron chi connectivity index (χ2n) is 12.0. The number of primary amides is 1. The van der Waals surface area contributed by atoms with Crippen molar-refractivity contribution >= 4 is 21.7 Å². The number of furan rings is 1. The Balaban J connectivity index is 1.48. The van der Waals surface area contributed by atoms with Crippen LogP contribution < -0.4 is 5.73 Å². The summed E-state index contributed by atoms with van der Waals surface area (Å²) in [7, 11) is -1.47. The molecule has 1 aromatic heterocycles. The molecule has 3 aromatic rings. The summed E-state index contributed by atoms with van der Waals surface area (Å²) in [5.41, 5.74) is 7.40. The molecule has 2 aliphatic rings. The maximum absolute atomic E-state index is 14.2. The molecule has 0 bridgehead atoms. The van der Waals surface area contributed by atoms with Crippen LogP contribution in [0.4, 0.5) is 0 Å². The highest BCUT2D eigenvalue weighted by Gasteiger charge is 2.46. The lowest BCUT2D eigenvalue weighted by Crippen LogP contribution is -2.51. The first-order chi connectivity index (χ1) is 20.0. The Kier molecular flexibility index (Phi) is 8.62. The van der Waals surface area contributed by atoms with Crippen LogP contribution in [0.2, 0.25) is 0 Å². The van der Waals surface area contributed by atoms with Gasteiger partial charge in [-0.3, -0.25) is 9.59 Å². The van der Waals surface area contributed by atoms with E-state index >= 15 is 0 Å². The summed E-state index contributed by atoms with van der Waals surface area (Å²) in [4.78, 5) is 31.3. The van der Waals surface area contributed by atoms with Gasteiger partial charge in [-0.15, -0.1) is 0 Å². The Bertz CT molecular complexity index is 1530. The van der Waals surface area contributed by atoms with E-state index in [0.717, 1.165) is 12.0 Å². The van der Waals surface area contributed by atoms with Crippen LogP contribution in [0.5, 0.6) is 0 Å². The molecule has 2 heterocycles. The first-order valence-electron chi connectivity index (χ1n) is 14.8. The zero-order valence-corrected chi connectivity index (χ0v) is 25.6. The fourth-order valence-corrected chi connectivity index (χ4v) is 8.60. The second kappa shape index (κ2) is 12.1. The van der Waals surface area contributed by atoms with Gasteiger partial charge in [0.25, 0.3) is 5.91 Å². The summed E-state index contributed by atoms with van der Waals surface area (Å²) >= 11 is 0. The van der Waals surface area contributed by atoms with Crippen molar-refractivity contribution in [2.75, 3.05) is 19.3 Å². The number of carbonyl (C=O) groups is 2. The number of aryl methyl sites for hydroxylation is 1. The number of hydrogen-bond acceptors (Lipinski definition) is 6. The van der Waals surface area contributed by atoms with Gasteiger partial charge in [-0.05, 0) is 71.6 Å². The zero-order valence-electron chi connectivity index (χ0n) is 24.8. The highest BCUT2D eigenvalue weighted by molar-refractivity contribution is 7.91. The number of nitrogens with zero attached hydrogens (tertiary/aromatic N) is 2. The number of sulfone groups is 1. The highest BCUT2D eigenvalue weighted by atomic mass is 32.2. The van der Waals surface area contributed by atoms with Crippen molar-refractivity contribution in [3.05, 3.63) is 77.6 Å². The smallest absolute Gasteiger partial charge is 0.252 e. The van der Waals surface area contributed by atoms with Crippen LogP contribution in [-0.2, 0) is 14.6 Å². The van der Waals surface area contributed by atoms with Crippen molar-refractivity contribution < 1.29 is 22.4 Å². The number of benzene rings is 2. The Morgan fingerprint density at radius 3 is 2.31 bits per heavy atom. The van der Waals surface area contributed by atoms with Crippen LogP contribution >= 0.6 is 0 Å². The molecule has 0 radical (unpaired) electrons. The second-order valence-corrected chi connectivity index (χ2v) is 14.1. The van der Waals surface area contributed by atoms with Gasteiger partial charge >= 0.3 is 0 Å². The molecule has 2 amide bonds. The number of rotatable bonds is 9. The molecule has 0 spiro atoms. The lowest BCUT2D eigenvalue weighted by atomic mass is 9.80. The Morgan fingerprint density at radius 2 is 1.69 bits per heavy atom. The van der Waals surface area contributed by atoms with Gasteiger partial charge in [0, 0.05) is 35.8 Å². The van der Waals surface area contributed by atoms with E-state index in [-0.39, 0.29) is 35.2 Å². The first kappa shape index (κ1) is 30.0. The van der Waals surface area contributed by atoms with Crippen molar-refractivity contribution in [1.29, 1.82) is 0 Å². The van der Waals surface area contributed by atoms with Crippen LogP contribution in [0.3, 0.4) is 0 Å². The average Bonchev–Trinajstić information content (AvgIpc) is 3.52. The third kappa shape index (κ3) is 5.77. The summed E-state index contributed by atoms with van der Waals surface area (Å²) in [6.45, 7) is 6.47. The van der Waals surface area contributed by atoms with Crippen molar-refractivity contribution in [1.82, 2.24) is 9.80 Å². The van der Waals surface area contributed by atoms with Crippen molar-refractivity contribution in [3.63, 3.8) is 0 Å². The normalized spacial score (nSPS) is 23.2. The van der Waals surface area contributed by atoms with Gasteiger partial charge in [0.15, 0.2) is 9.84 Å². The lowest BCUT2D eigenvalue weighted by Gasteiger charge is -2.44. The Labute approximate surface area is 248 Å². The van der Waals surface area contributed by atoms with E-state index in [0.29, 0.717) is 53.8 Å². The molecule has 1 saturated heterocycles. The summed E-state index contributed by atoms with van der Waals surface area (Å²) < 4.78 is 33.2. The largest absolute Gasteiger partial charge is 0.460 e. The van der Waals surface area contributed by atoms with Crippen LogP contribution in [0.1, 0.15) is 67.1 Å². The fourth-order valence-electron chi connectivity index (χ4n) is 6.91. The summed E-state index contributed by atoms with van der Waals surface area (Å²) in [5, 5.41) is 0. The fraction of sp³-hybridized carbons (Fsp3) is 0.455. The highest BCUT2D eigenvalue weighted by Crippen LogP contribution is 2.44. The van der Waals surface area contributed by atoms with E-state index in [2.05, 4.69) is 25.8 Å². The van der Waals surface area contributed by atoms with Crippen LogP contribution in [0, 0.1) is 12.8 Å². The number of carbonyl (C=O) groups excluding carboxylic acids is 2. The predicted octanol–water partition coefficient (Wildman–Crippen LogP) is 5.02. The molecule has 9 heteroatoms. The lowest BCUT2D eigenvalue weighted by molar-refractivity contribution is -0.132. The number of hydrogen-bond donors (Lipinski definition) is 1. The molecule has 8 nitrogen and oxygen atoms in total. The van der Waals surface area contributed by atoms with Crippen molar-refractivity contribution in [2.24, 2.45) is 11.7 Å². The van der Waals surface area contributed by atoms with Gasteiger partial charge in [0.05, 0.1) is 22.1 Å². The van der Waals surface area contributed by atoms with E-state index in [9.17, 15) is 18.0 Å². The third-order valence-electron chi connectivity index (χ3n) is 9.23. The van der Waals surface area contributed by atoms with Gasteiger partial charge in [0.2, 0.25) is 5.91 Å². The van der Waals surface area contributed by atoms with E-state index in [1.807, 2.05) is 35.2 Å². The zero-order chi connectivity index (χ0) is 30.2. The van der Waals surface area contributed by atoms with Gasteiger partial charge < -0.3 is 20.0 Å². The molecule has 42 heavy (non-hydrogen) atoms. The quantitative estimate of drug-likeness (QED) is 0.374.